The van der Waals surface area contributed by atoms with E-state index < -0.39 is 10.0 Å². The van der Waals surface area contributed by atoms with E-state index in [4.69, 9.17) is 10.5 Å². The lowest BCUT2D eigenvalue weighted by atomic mass is 9.96. The molecule has 0 atom stereocenters. The van der Waals surface area contributed by atoms with Crippen molar-refractivity contribution in [1.29, 1.82) is 0 Å². The highest BCUT2D eigenvalue weighted by atomic mass is 32.2. The lowest BCUT2D eigenvalue weighted by molar-refractivity contribution is -0.135. The van der Waals surface area contributed by atoms with Crippen molar-refractivity contribution in [1.82, 2.24) is 9.21 Å². The molecule has 2 aromatic rings. The van der Waals surface area contributed by atoms with Crippen LogP contribution in [0.3, 0.4) is 0 Å². The lowest BCUT2D eigenvalue weighted by Gasteiger charge is -2.32. The van der Waals surface area contributed by atoms with Crippen LogP contribution in [-0.2, 0) is 26.0 Å². The molecule has 0 bridgehead atoms. The molecule has 1 aliphatic rings. The van der Waals surface area contributed by atoms with Gasteiger partial charge in [0.05, 0.1) is 18.6 Å². The molecule has 0 radical (unpaired) electrons. The van der Waals surface area contributed by atoms with Crippen LogP contribution in [0, 0.1) is 12.8 Å². The maximum Gasteiger partial charge on any atom is 0.243 e. The molecule has 0 spiro atoms. The molecule has 8 nitrogen and oxygen atoms in total. The van der Waals surface area contributed by atoms with Gasteiger partial charge in [0.2, 0.25) is 21.8 Å². The van der Waals surface area contributed by atoms with Gasteiger partial charge < -0.3 is 15.4 Å². The Kier molecular flexibility index (Phi) is 8.10. The predicted octanol–water partition coefficient (Wildman–Crippen LogP) is 1.96. The Morgan fingerprint density at radius 1 is 1.12 bits per heavy atom. The molecule has 33 heavy (non-hydrogen) atoms. The molecule has 0 saturated carbocycles. The van der Waals surface area contributed by atoms with Crippen molar-refractivity contribution >= 4 is 21.8 Å². The molecule has 2 amide bonds. The molecule has 3 rings (SSSR count). The molecule has 1 saturated heterocycles. The zero-order valence-electron chi connectivity index (χ0n) is 19.1. The molecule has 2 aromatic carbocycles. The highest BCUT2D eigenvalue weighted by Gasteiger charge is 2.31. The zero-order chi connectivity index (χ0) is 24.0. The Morgan fingerprint density at radius 3 is 2.36 bits per heavy atom. The highest BCUT2D eigenvalue weighted by Crippen LogP contribution is 2.25. The van der Waals surface area contributed by atoms with E-state index in [-0.39, 0.29) is 35.7 Å². The van der Waals surface area contributed by atoms with Crippen molar-refractivity contribution in [2.45, 2.75) is 31.1 Å². The second kappa shape index (κ2) is 10.8. The molecule has 178 valence electrons. The monoisotopic (exact) mass is 473 g/mol. The third-order valence-electron chi connectivity index (χ3n) is 6.06. The Morgan fingerprint density at radius 2 is 1.79 bits per heavy atom. The molecule has 0 unspecified atom stereocenters. The van der Waals surface area contributed by atoms with E-state index in [0.29, 0.717) is 43.7 Å². The van der Waals surface area contributed by atoms with Crippen LogP contribution in [0.1, 0.15) is 24.0 Å². The van der Waals surface area contributed by atoms with E-state index in [0.717, 1.165) is 5.56 Å². The highest BCUT2D eigenvalue weighted by molar-refractivity contribution is 7.89. The molecule has 2 N–H and O–H groups in total. The third kappa shape index (κ3) is 6.11. The second-order valence-electron chi connectivity index (χ2n) is 8.26. The van der Waals surface area contributed by atoms with Crippen LogP contribution in [0.4, 0.5) is 0 Å². The van der Waals surface area contributed by atoms with Gasteiger partial charge in [0.1, 0.15) is 5.75 Å². The number of aryl methyl sites for hydroxylation is 1. The molecule has 1 heterocycles. The van der Waals surface area contributed by atoms with Crippen LogP contribution in [0.2, 0.25) is 0 Å². The Hall–Kier alpha value is -2.91. The smallest absolute Gasteiger partial charge is 0.243 e. The number of hydrogen-bond acceptors (Lipinski definition) is 5. The first-order valence-electron chi connectivity index (χ1n) is 11.0. The summed E-state index contributed by atoms with van der Waals surface area (Å²) in [5.41, 5.74) is 7.06. The first kappa shape index (κ1) is 24.7. The number of sulfonamides is 1. The fourth-order valence-corrected chi connectivity index (χ4v) is 5.48. The minimum atomic E-state index is -3.92. The van der Waals surface area contributed by atoms with Gasteiger partial charge in [-0.2, -0.15) is 4.31 Å². The minimum Gasteiger partial charge on any atom is -0.496 e. The van der Waals surface area contributed by atoms with Crippen molar-refractivity contribution in [2.24, 2.45) is 11.7 Å². The van der Waals surface area contributed by atoms with Crippen molar-refractivity contribution in [3.05, 3.63) is 59.7 Å². The Bertz CT molecular complexity index is 1080. The summed E-state index contributed by atoms with van der Waals surface area (Å²) in [7, 11) is -2.39. The minimum absolute atomic E-state index is 0.120. The maximum absolute atomic E-state index is 13.5. The van der Waals surface area contributed by atoms with Gasteiger partial charge in [0, 0.05) is 25.6 Å². The third-order valence-corrected chi connectivity index (χ3v) is 7.90. The van der Waals surface area contributed by atoms with Crippen LogP contribution in [0.5, 0.6) is 5.75 Å². The summed E-state index contributed by atoms with van der Waals surface area (Å²) in [4.78, 5) is 26.2. The number of carbonyl (C=O) groups excluding carboxylic acids is 2. The van der Waals surface area contributed by atoms with E-state index in [1.54, 1.807) is 24.0 Å². The summed E-state index contributed by atoms with van der Waals surface area (Å²) < 4.78 is 33.5. The summed E-state index contributed by atoms with van der Waals surface area (Å²) in [5, 5.41) is 0. The number of carbonyl (C=O) groups is 2. The number of primary amides is 1. The zero-order valence-corrected chi connectivity index (χ0v) is 19.9. The number of amides is 2. The number of nitrogens with zero attached hydrogens (tertiary/aromatic N) is 2. The van der Waals surface area contributed by atoms with Gasteiger partial charge in [0.25, 0.3) is 0 Å². The predicted molar refractivity (Wildman–Crippen MR) is 125 cm³/mol. The van der Waals surface area contributed by atoms with Gasteiger partial charge in [-0.3, -0.25) is 9.59 Å². The van der Waals surface area contributed by atoms with Crippen LogP contribution < -0.4 is 10.5 Å². The van der Waals surface area contributed by atoms with Gasteiger partial charge >= 0.3 is 0 Å². The summed E-state index contributed by atoms with van der Waals surface area (Å²) in [6.45, 7) is 2.46. The molecular weight excluding hydrogens is 442 g/mol. The van der Waals surface area contributed by atoms with Gasteiger partial charge in [-0.05, 0) is 55.5 Å². The fourth-order valence-electron chi connectivity index (χ4n) is 4.01. The van der Waals surface area contributed by atoms with E-state index >= 15 is 0 Å². The molecule has 1 aliphatic heterocycles. The van der Waals surface area contributed by atoms with Crippen molar-refractivity contribution < 1.29 is 22.7 Å². The molecular formula is C24H31N3O5S. The van der Waals surface area contributed by atoms with Crippen LogP contribution in [-0.4, -0.2) is 62.7 Å². The summed E-state index contributed by atoms with van der Waals surface area (Å²) >= 11 is 0. The maximum atomic E-state index is 13.5. The van der Waals surface area contributed by atoms with Gasteiger partial charge in [0.15, 0.2) is 0 Å². The Balaban J connectivity index is 1.80. The first-order chi connectivity index (χ1) is 15.7. The van der Waals surface area contributed by atoms with E-state index in [1.807, 2.05) is 30.3 Å². The molecule has 1 fully saturated rings. The van der Waals surface area contributed by atoms with Gasteiger partial charge in [-0.1, -0.05) is 30.3 Å². The first-order valence-corrected chi connectivity index (χ1v) is 12.4. The molecule has 0 aliphatic carbocycles. The number of rotatable bonds is 9. The summed E-state index contributed by atoms with van der Waals surface area (Å²) in [5.74, 6) is -0.281. The number of nitrogens with two attached hydrogens (primary N) is 1. The van der Waals surface area contributed by atoms with Crippen LogP contribution >= 0.6 is 0 Å². The van der Waals surface area contributed by atoms with Crippen molar-refractivity contribution in [3.8, 4) is 5.75 Å². The van der Waals surface area contributed by atoms with E-state index in [9.17, 15) is 18.0 Å². The van der Waals surface area contributed by atoms with Crippen LogP contribution in [0.25, 0.3) is 0 Å². The largest absolute Gasteiger partial charge is 0.496 e. The Labute approximate surface area is 195 Å². The van der Waals surface area contributed by atoms with Crippen molar-refractivity contribution in [2.75, 3.05) is 33.3 Å². The van der Waals surface area contributed by atoms with Gasteiger partial charge in [-0.15, -0.1) is 0 Å². The fraction of sp³-hybridized carbons (Fsp3) is 0.417. The quantitative estimate of drug-likeness (QED) is 0.599. The number of likely N-dealkylation sites (tertiary alicyclic amines) is 1. The second-order valence-corrected chi connectivity index (χ2v) is 10.2. The standard InChI is InChI=1S/C24H31N3O5S/c1-18-16-21(8-9-22(18)32-2)33(30,31)27(15-10-19-6-4-3-5-7-19)17-23(28)26-13-11-20(12-14-26)24(25)29/h3-9,16,20H,10-15,17H2,1-2H3,(H2,25,29). The van der Waals surface area contributed by atoms with Crippen LogP contribution in [0.15, 0.2) is 53.4 Å². The molecule has 0 aromatic heterocycles. The summed E-state index contributed by atoms with van der Waals surface area (Å²) in [6.07, 6.45) is 1.47. The normalized spacial score (nSPS) is 14.9. The van der Waals surface area contributed by atoms with Gasteiger partial charge in [-0.25, -0.2) is 8.42 Å². The average molecular weight is 474 g/mol. The number of ether oxygens (including phenoxy) is 1. The average Bonchev–Trinajstić information content (AvgIpc) is 2.82. The lowest BCUT2D eigenvalue weighted by Crippen LogP contribution is -2.47. The van der Waals surface area contributed by atoms with E-state index in [1.165, 1.54) is 17.5 Å². The number of methoxy groups -OCH3 is 1. The number of benzene rings is 2. The van der Waals surface area contributed by atoms with E-state index in [2.05, 4.69) is 0 Å². The summed E-state index contributed by atoms with van der Waals surface area (Å²) in [6, 6.07) is 14.2. The molecule has 9 heteroatoms. The topological polar surface area (TPSA) is 110 Å². The number of hydrogen-bond donors (Lipinski definition) is 1. The number of piperidine rings is 1. The SMILES string of the molecule is COc1ccc(S(=O)(=O)N(CCc2ccccc2)CC(=O)N2CCC(C(N)=O)CC2)cc1C. The van der Waals surface area contributed by atoms with Crippen molar-refractivity contribution in [3.63, 3.8) is 0 Å².